The standard InChI is InChI=1S/C29H50N2O.ClH/c1-5-6-7-8-9-10-11-12-13-14-15-16-17-21-24-31(3,4)27(2)25-29(32)30-26-28-22-19-18-20-23-28;/h18-20,22-23,25H,5-17,21,24,26H2,1-4H3;1H/b27-25+;. The molecule has 0 radical (unpaired) electrons. The lowest BCUT2D eigenvalue weighted by molar-refractivity contribution is -0.852. The molecule has 190 valence electrons. The number of carbonyl (C=O) groups is 1. The lowest BCUT2D eigenvalue weighted by Crippen LogP contribution is -3.00. The first-order valence-corrected chi connectivity index (χ1v) is 13.3. The Bertz CT molecular complexity index is 628. The van der Waals surface area contributed by atoms with Gasteiger partial charge >= 0.3 is 0 Å². The van der Waals surface area contributed by atoms with Gasteiger partial charge in [0.1, 0.15) is 5.70 Å². The van der Waals surface area contributed by atoms with Crippen LogP contribution in [0.15, 0.2) is 42.1 Å². The smallest absolute Gasteiger partial charge is 0.249 e. The first kappa shape index (κ1) is 31.7. The first-order chi connectivity index (χ1) is 15.5. The van der Waals surface area contributed by atoms with E-state index in [9.17, 15) is 4.79 Å². The zero-order valence-electron chi connectivity index (χ0n) is 22.0. The fourth-order valence-electron chi connectivity index (χ4n) is 4.08. The zero-order chi connectivity index (χ0) is 23.5. The monoisotopic (exact) mass is 478 g/mol. The molecule has 0 aliphatic carbocycles. The van der Waals surface area contributed by atoms with Crippen LogP contribution in [0.25, 0.3) is 0 Å². The van der Waals surface area contributed by atoms with E-state index in [0.29, 0.717) is 6.54 Å². The highest BCUT2D eigenvalue weighted by Crippen LogP contribution is 2.16. The minimum absolute atomic E-state index is 0. The predicted octanol–water partition coefficient (Wildman–Crippen LogP) is 4.77. The zero-order valence-corrected chi connectivity index (χ0v) is 22.8. The summed E-state index contributed by atoms with van der Waals surface area (Å²) in [6, 6.07) is 10.1. The molecule has 0 heterocycles. The molecule has 4 heteroatoms. The van der Waals surface area contributed by atoms with Gasteiger partial charge in [0.2, 0.25) is 5.91 Å². The van der Waals surface area contributed by atoms with Gasteiger partial charge in [-0.3, -0.25) is 9.28 Å². The SMILES string of the molecule is CCCCCCCCCCCCCCCC[N+](C)(C)/C(C)=C/C(=O)NCc1ccccc1.[Cl-]. The van der Waals surface area contributed by atoms with Crippen molar-refractivity contribution in [3.63, 3.8) is 0 Å². The highest BCUT2D eigenvalue weighted by molar-refractivity contribution is 5.87. The number of nitrogens with one attached hydrogen (secondary N) is 1. The Balaban J connectivity index is 0.0000102. The second-order valence-corrected chi connectivity index (χ2v) is 9.99. The maximum atomic E-state index is 12.3. The summed E-state index contributed by atoms with van der Waals surface area (Å²) in [5.74, 6) is -0.00138. The number of hydrogen-bond donors (Lipinski definition) is 1. The van der Waals surface area contributed by atoms with Crippen molar-refractivity contribution in [2.75, 3.05) is 20.6 Å². The summed E-state index contributed by atoms with van der Waals surface area (Å²) in [4.78, 5) is 12.3. The van der Waals surface area contributed by atoms with Crippen molar-refractivity contribution >= 4 is 5.91 Å². The number of carbonyl (C=O) groups excluding carboxylic acids is 1. The molecule has 1 N–H and O–H groups in total. The molecule has 3 nitrogen and oxygen atoms in total. The summed E-state index contributed by atoms with van der Waals surface area (Å²) in [6.07, 6.45) is 21.2. The van der Waals surface area contributed by atoms with Crippen molar-refractivity contribution in [1.29, 1.82) is 0 Å². The van der Waals surface area contributed by atoms with E-state index >= 15 is 0 Å². The van der Waals surface area contributed by atoms with E-state index in [2.05, 4.69) is 33.3 Å². The maximum Gasteiger partial charge on any atom is 0.249 e. The van der Waals surface area contributed by atoms with E-state index < -0.39 is 0 Å². The Morgan fingerprint density at radius 1 is 0.788 bits per heavy atom. The van der Waals surface area contributed by atoms with Gasteiger partial charge in [-0.05, 0) is 18.4 Å². The van der Waals surface area contributed by atoms with Gasteiger partial charge in [-0.25, -0.2) is 0 Å². The molecular formula is C29H51ClN2O. The van der Waals surface area contributed by atoms with Crippen LogP contribution in [0.3, 0.4) is 0 Å². The molecule has 1 amide bonds. The largest absolute Gasteiger partial charge is 1.00 e. The number of allylic oxidation sites excluding steroid dienone is 1. The molecule has 1 aromatic carbocycles. The molecule has 0 fully saturated rings. The third-order valence-corrected chi connectivity index (χ3v) is 6.68. The van der Waals surface area contributed by atoms with Crippen LogP contribution in [0.4, 0.5) is 0 Å². The Morgan fingerprint density at radius 2 is 1.24 bits per heavy atom. The summed E-state index contributed by atoms with van der Waals surface area (Å²) in [7, 11) is 4.41. The molecule has 0 saturated heterocycles. The Morgan fingerprint density at radius 3 is 1.73 bits per heavy atom. The highest BCUT2D eigenvalue weighted by Gasteiger charge is 2.18. The van der Waals surface area contributed by atoms with E-state index in [1.807, 2.05) is 30.3 Å². The van der Waals surface area contributed by atoms with Gasteiger partial charge in [0.05, 0.1) is 26.7 Å². The van der Waals surface area contributed by atoms with Crippen LogP contribution in [0, 0.1) is 0 Å². The minimum Gasteiger partial charge on any atom is -1.00 e. The second-order valence-electron chi connectivity index (χ2n) is 9.99. The topological polar surface area (TPSA) is 29.1 Å². The third kappa shape index (κ3) is 16.9. The van der Waals surface area contributed by atoms with Crippen molar-refractivity contribution in [3.8, 4) is 0 Å². The highest BCUT2D eigenvalue weighted by atomic mass is 35.5. The molecular weight excluding hydrogens is 428 g/mol. The Labute approximate surface area is 211 Å². The Hall–Kier alpha value is -1.32. The van der Waals surface area contributed by atoms with Crippen LogP contribution in [0.1, 0.15) is 109 Å². The van der Waals surface area contributed by atoms with Gasteiger partial charge in [-0.1, -0.05) is 114 Å². The average Bonchev–Trinajstić information content (AvgIpc) is 2.78. The lowest BCUT2D eigenvalue weighted by atomic mass is 10.0. The van der Waals surface area contributed by atoms with Crippen molar-refractivity contribution in [1.82, 2.24) is 5.32 Å². The van der Waals surface area contributed by atoms with Gasteiger partial charge in [-0.15, -0.1) is 0 Å². The summed E-state index contributed by atoms with van der Waals surface area (Å²) in [6.45, 7) is 6.03. The molecule has 0 atom stereocenters. The fourth-order valence-corrected chi connectivity index (χ4v) is 4.08. The lowest BCUT2D eigenvalue weighted by Gasteiger charge is -2.30. The Kier molecular flexibility index (Phi) is 19.3. The van der Waals surface area contributed by atoms with Crippen LogP contribution in [-0.2, 0) is 11.3 Å². The van der Waals surface area contributed by atoms with Crippen molar-refractivity contribution in [3.05, 3.63) is 47.7 Å². The van der Waals surface area contributed by atoms with Gasteiger partial charge < -0.3 is 17.7 Å². The van der Waals surface area contributed by atoms with Crippen LogP contribution < -0.4 is 17.7 Å². The molecule has 33 heavy (non-hydrogen) atoms. The predicted molar refractivity (Wildman–Crippen MR) is 139 cm³/mol. The van der Waals surface area contributed by atoms with Crippen LogP contribution >= 0.6 is 0 Å². The normalized spacial score (nSPS) is 11.8. The van der Waals surface area contributed by atoms with E-state index in [1.54, 1.807) is 6.08 Å². The van der Waals surface area contributed by atoms with Gasteiger partial charge in [-0.2, -0.15) is 0 Å². The van der Waals surface area contributed by atoms with Crippen molar-refractivity contribution < 1.29 is 21.7 Å². The molecule has 0 unspecified atom stereocenters. The first-order valence-electron chi connectivity index (χ1n) is 13.3. The van der Waals surface area contributed by atoms with Crippen molar-refractivity contribution in [2.45, 2.75) is 110 Å². The summed E-state index contributed by atoms with van der Waals surface area (Å²) in [5.41, 5.74) is 2.24. The minimum atomic E-state index is -0.00138. The number of rotatable bonds is 19. The molecule has 0 aromatic heterocycles. The van der Waals surface area contributed by atoms with Crippen LogP contribution in [-0.4, -0.2) is 31.0 Å². The number of amides is 1. The third-order valence-electron chi connectivity index (χ3n) is 6.68. The fraction of sp³-hybridized carbons (Fsp3) is 0.690. The quantitative estimate of drug-likeness (QED) is 0.173. The van der Waals surface area contributed by atoms with Gasteiger partial charge in [0.25, 0.3) is 0 Å². The number of hydrogen-bond acceptors (Lipinski definition) is 1. The molecule has 0 aliphatic heterocycles. The number of halogens is 1. The van der Waals surface area contributed by atoms with E-state index in [1.165, 1.54) is 89.9 Å². The molecule has 0 aliphatic rings. The van der Waals surface area contributed by atoms with Gasteiger partial charge in [0, 0.05) is 13.5 Å². The summed E-state index contributed by atoms with van der Waals surface area (Å²) < 4.78 is 0.789. The van der Waals surface area contributed by atoms with E-state index in [-0.39, 0.29) is 18.3 Å². The number of nitrogens with zero attached hydrogens (tertiary/aromatic N) is 1. The second kappa shape index (κ2) is 20.1. The maximum absolute atomic E-state index is 12.3. The number of quaternary nitrogens is 1. The van der Waals surface area contributed by atoms with Gasteiger partial charge in [0.15, 0.2) is 0 Å². The van der Waals surface area contributed by atoms with Crippen LogP contribution in [0.2, 0.25) is 0 Å². The molecule has 1 rings (SSSR count). The average molecular weight is 479 g/mol. The molecule has 0 bridgehead atoms. The number of unbranched alkanes of at least 4 members (excludes halogenated alkanes) is 13. The van der Waals surface area contributed by atoms with Crippen LogP contribution in [0.5, 0.6) is 0 Å². The molecule has 0 spiro atoms. The summed E-state index contributed by atoms with van der Waals surface area (Å²) >= 11 is 0. The molecule has 0 saturated carbocycles. The number of benzene rings is 1. The van der Waals surface area contributed by atoms with E-state index in [0.717, 1.165) is 22.3 Å². The van der Waals surface area contributed by atoms with Crippen molar-refractivity contribution in [2.24, 2.45) is 0 Å². The summed E-state index contributed by atoms with van der Waals surface area (Å²) in [5, 5.41) is 3.00. The van der Waals surface area contributed by atoms with E-state index in [4.69, 9.17) is 0 Å². The molecule has 1 aromatic rings.